The van der Waals surface area contributed by atoms with E-state index in [4.69, 9.17) is 9.73 Å². The number of halogens is 1. The van der Waals surface area contributed by atoms with Crippen LogP contribution in [0, 0.1) is 0 Å². The van der Waals surface area contributed by atoms with Crippen molar-refractivity contribution in [3.8, 4) is 5.75 Å². The minimum atomic E-state index is -0.0811. The molecule has 3 rings (SSSR count). The van der Waals surface area contributed by atoms with Crippen molar-refractivity contribution in [2.24, 2.45) is 4.99 Å². The molecule has 1 heterocycles. The Morgan fingerprint density at radius 2 is 1.81 bits per heavy atom. The van der Waals surface area contributed by atoms with Crippen LogP contribution in [-0.2, 0) is 6.54 Å². The van der Waals surface area contributed by atoms with E-state index < -0.39 is 0 Å². The Kier molecular flexibility index (Phi) is 9.90. The molecule has 168 valence electrons. The smallest absolute Gasteiger partial charge is 0.251 e. The zero-order valence-corrected chi connectivity index (χ0v) is 20.8. The maximum atomic E-state index is 11.9. The summed E-state index contributed by atoms with van der Waals surface area (Å²) in [6.07, 6.45) is 0. The van der Waals surface area contributed by atoms with Gasteiger partial charge < -0.3 is 25.2 Å². The number of guanidine groups is 1. The summed E-state index contributed by atoms with van der Waals surface area (Å²) in [4.78, 5) is 21.4. The number of nitrogens with one attached hydrogen (secondary N) is 2. The fourth-order valence-electron chi connectivity index (χ4n) is 3.52. The van der Waals surface area contributed by atoms with E-state index in [1.54, 1.807) is 14.2 Å². The van der Waals surface area contributed by atoms with E-state index in [0.717, 1.165) is 50.0 Å². The van der Waals surface area contributed by atoms with Crippen LogP contribution in [0.15, 0.2) is 53.5 Å². The maximum absolute atomic E-state index is 11.9. The van der Waals surface area contributed by atoms with Crippen LogP contribution in [-0.4, -0.2) is 63.6 Å². The van der Waals surface area contributed by atoms with Crippen LogP contribution in [0.2, 0.25) is 0 Å². The molecule has 0 aliphatic carbocycles. The number of carbonyl (C=O) groups excluding carboxylic acids is 1. The first-order valence-electron chi connectivity index (χ1n) is 10.4. The molecule has 0 aromatic heterocycles. The van der Waals surface area contributed by atoms with Crippen LogP contribution >= 0.6 is 24.0 Å². The standard InChI is InChI=1S/C23H31N5O2.HI/c1-4-25-23(26-17-18-6-5-7-19(16-18)22(29)24-2)28-14-12-27(13-15-28)20-8-10-21(30-3)11-9-20;/h5-11,16H,4,12-15,17H2,1-3H3,(H,24,29)(H,25,26);1H. The quantitative estimate of drug-likeness (QED) is 0.337. The van der Waals surface area contributed by atoms with Crippen LogP contribution in [0.4, 0.5) is 5.69 Å². The third kappa shape index (κ3) is 6.75. The second-order valence-electron chi connectivity index (χ2n) is 7.12. The highest BCUT2D eigenvalue weighted by atomic mass is 127. The highest BCUT2D eigenvalue weighted by Crippen LogP contribution is 2.20. The molecule has 2 N–H and O–H groups in total. The monoisotopic (exact) mass is 537 g/mol. The van der Waals surface area contributed by atoms with Gasteiger partial charge in [-0.05, 0) is 48.9 Å². The molecule has 8 heteroatoms. The Labute approximate surface area is 201 Å². The summed E-state index contributed by atoms with van der Waals surface area (Å²) in [5.41, 5.74) is 2.88. The van der Waals surface area contributed by atoms with E-state index in [2.05, 4.69) is 39.5 Å². The first-order chi connectivity index (χ1) is 14.6. The predicted octanol–water partition coefficient (Wildman–Crippen LogP) is 2.96. The zero-order valence-electron chi connectivity index (χ0n) is 18.4. The summed E-state index contributed by atoms with van der Waals surface area (Å²) in [5, 5.41) is 6.06. The molecular weight excluding hydrogens is 505 g/mol. The van der Waals surface area contributed by atoms with Gasteiger partial charge in [0.2, 0.25) is 0 Å². The molecule has 7 nitrogen and oxygen atoms in total. The third-order valence-corrected chi connectivity index (χ3v) is 5.18. The van der Waals surface area contributed by atoms with E-state index in [-0.39, 0.29) is 29.9 Å². The average Bonchev–Trinajstić information content (AvgIpc) is 2.81. The summed E-state index contributed by atoms with van der Waals surface area (Å²) in [7, 11) is 3.33. The lowest BCUT2D eigenvalue weighted by molar-refractivity contribution is 0.0963. The fourth-order valence-corrected chi connectivity index (χ4v) is 3.52. The third-order valence-electron chi connectivity index (χ3n) is 5.18. The highest BCUT2D eigenvalue weighted by molar-refractivity contribution is 14.0. The molecule has 1 amide bonds. The predicted molar refractivity (Wildman–Crippen MR) is 137 cm³/mol. The van der Waals surface area contributed by atoms with Crippen molar-refractivity contribution in [2.75, 3.05) is 51.8 Å². The van der Waals surface area contributed by atoms with Crippen molar-refractivity contribution in [3.05, 3.63) is 59.7 Å². The number of anilines is 1. The van der Waals surface area contributed by atoms with Gasteiger partial charge in [0, 0.05) is 51.0 Å². The molecule has 31 heavy (non-hydrogen) atoms. The Bertz CT molecular complexity index is 865. The number of aliphatic imine (C=N–C) groups is 1. The van der Waals surface area contributed by atoms with Gasteiger partial charge in [0.1, 0.15) is 5.75 Å². The first-order valence-corrected chi connectivity index (χ1v) is 10.4. The molecule has 0 atom stereocenters. The number of amides is 1. The van der Waals surface area contributed by atoms with Gasteiger partial charge in [0.05, 0.1) is 13.7 Å². The van der Waals surface area contributed by atoms with E-state index >= 15 is 0 Å². The molecule has 0 bridgehead atoms. The van der Waals surface area contributed by atoms with E-state index in [1.807, 2.05) is 36.4 Å². The number of carbonyl (C=O) groups is 1. The second kappa shape index (κ2) is 12.4. The molecule has 2 aromatic rings. The molecular formula is C23H32IN5O2. The lowest BCUT2D eigenvalue weighted by Gasteiger charge is -2.37. The average molecular weight is 537 g/mol. The van der Waals surface area contributed by atoms with Crippen LogP contribution in [0.25, 0.3) is 0 Å². The molecule has 0 radical (unpaired) electrons. The first kappa shape index (κ1) is 24.8. The van der Waals surface area contributed by atoms with Crippen molar-refractivity contribution >= 4 is 41.5 Å². The topological polar surface area (TPSA) is 69.2 Å². The van der Waals surface area contributed by atoms with Crippen molar-refractivity contribution in [2.45, 2.75) is 13.5 Å². The molecule has 1 aliphatic rings. The summed E-state index contributed by atoms with van der Waals surface area (Å²) in [6.45, 7) is 7.09. The lowest BCUT2D eigenvalue weighted by atomic mass is 10.1. The van der Waals surface area contributed by atoms with Crippen molar-refractivity contribution in [1.82, 2.24) is 15.5 Å². The molecule has 0 unspecified atom stereocenters. The molecule has 1 saturated heterocycles. The minimum Gasteiger partial charge on any atom is -0.497 e. The summed E-state index contributed by atoms with van der Waals surface area (Å²) in [5.74, 6) is 1.71. The number of benzene rings is 2. The Hall–Kier alpha value is -2.49. The van der Waals surface area contributed by atoms with Gasteiger partial charge in [-0.2, -0.15) is 0 Å². The lowest BCUT2D eigenvalue weighted by Crippen LogP contribution is -2.52. The summed E-state index contributed by atoms with van der Waals surface area (Å²) >= 11 is 0. The van der Waals surface area contributed by atoms with Crippen LogP contribution < -0.4 is 20.3 Å². The largest absolute Gasteiger partial charge is 0.497 e. The number of hydrogen-bond acceptors (Lipinski definition) is 4. The highest BCUT2D eigenvalue weighted by Gasteiger charge is 2.20. The number of rotatable bonds is 6. The van der Waals surface area contributed by atoms with E-state index in [0.29, 0.717) is 12.1 Å². The van der Waals surface area contributed by atoms with Gasteiger partial charge in [0.25, 0.3) is 5.91 Å². The number of nitrogens with zero attached hydrogens (tertiary/aromatic N) is 3. The fraction of sp³-hybridized carbons (Fsp3) is 0.391. The van der Waals surface area contributed by atoms with Crippen molar-refractivity contribution in [3.63, 3.8) is 0 Å². The van der Waals surface area contributed by atoms with Crippen LogP contribution in [0.5, 0.6) is 5.75 Å². The number of piperazine rings is 1. The Balaban J connectivity index is 0.00000341. The Morgan fingerprint density at radius 1 is 1.10 bits per heavy atom. The SMILES string of the molecule is CCNC(=NCc1cccc(C(=O)NC)c1)N1CCN(c2ccc(OC)cc2)CC1.I. The molecule has 1 aliphatic heterocycles. The zero-order chi connectivity index (χ0) is 21.3. The normalized spacial score (nSPS) is 14.0. The van der Waals surface area contributed by atoms with E-state index in [1.165, 1.54) is 5.69 Å². The molecule has 0 saturated carbocycles. The van der Waals surface area contributed by atoms with Crippen molar-refractivity contribution in [1.29, 1.82) is 0 Å². The number of methoxy groups -OCH3 is 1. The molecule has 1 fully saturated rings. The van der Waals surface area contributed by atoms with Gasteiger partial charge in [-0.1, -0.05) is 12.1 Å². The second-order valence-corrected chi connectivity index (χ2v) is 7.12. The summed E-state index contributed by atoms with van der Waals surface area (Å²) in [6, 6.07) is 15.8. The van der Waals surface area contributed by atoms with Gasteiger partial charge >= 0.3 is 0 Å². The van der Waals surface area contributed by atoms with Gasteiger partial charge in [-0.15, -0.1) is 24.0 Å². The summed E-state index contributed by atoms with van der Waals surface area (Å²) < 4.78 is 5.25. The number of ether oxygens (including phenoxy) is 1. The number of hydrogen-bond donors (Lipinski definition) is 2. The van der Waals surface area contributed by atoms with Gasteiger partial charge in [0.15, 0.2) is 5.96 Å². The van der Waals surface area contributed by atoms with E-state index in [9.17, 15) is 4.79 Å². The van der Waals surface area contributed by atoms with Crippen molar-refractivity contribution < 1.29 is 9.53 Å². The molecule has 2 aromatic carbocycles. The van der Waals surface area contributed by atoms with Gasteiger partial charge in [-0.3, -0.25) is 4.79 Å². The minimum absolute atomic E-state index is 0. The van der Waals surface area contributed by atoms with Crippen LogP contribution in [0.1, 0.15) is 22.8 Å². The maximum Gasteiger partial charge on any atom is 0.251 e. The Morgan fingerprint density at radius 3 is 2.42 bits per heavy atom. The molecule has 0 spiro atoms. The van der Waals surface area contributed by atoms with Crippen LogP contribution in [0.3, 0.4) is 0 Å². The van der Waals surface area contributed by atoms with Gasteiger partial charge in [-0.25, -0.2) is 4.99 Å².